The van der Waals surface area contributed by atoms with E-state index in [0.29, 0.717) is 160 Å². The van der Waals surface area contributed by atoms with Gasteiger partial charge in [-0.3, -0.25) is 36.5 Å². The van der Waals surface area contributed by atoms with Gasteiger partial charge in [0, 0.05) is 99.2 Å². The van der Waals surface area contributed by atoms with Crippen molar-refractivity contribution in [1.29, 1.82) is 0 Å². The van der Waals surface area contributed by atoms with Crippen LogP contribution in [0.15, 0.2) is 67.7 Å². The number of hydrogen-bond donors (Lipinski definition) is 0. The molecule has 2 aliphatic rings. The van der Waals surface area contributed by atoms with Crippen LogP contribution in [0.4, 0.5) is 0 Å². The number of rotatable bonds is 4. The van der Waals surface area contributed by atoms with Crippen molar-refractivity contribution in [2.24, 2.45) is 28.2 Å². The van der Waals surface area contributed by atoms with Gasteiger partial charge in [-0.1, -0.05) is 0 Å². The van der Waals surface area contributed by atoms with Crippen LogP contribution in [0.25, 0.3) is 134 Å². The number of aryl methyl sites for hydroxylation is 8. The zero-order valence-corrected chi connectivity index (χ0v) is 39.5. The summed E-state index contributed by atoms with van der Waals surface area (Å²) in [6.07, 6.45) is 0. The fourth-order valence-corrected chi connectivity index (χ4v) is 10.5. The molecular weight excluding hydrogens is 928 g/mol. The van der Waals surface area contributed by atoms with E-state index in [0.717, 1.165) is 0 Å². The molecule has 11 aromatic rings. The van der Waals surface area contributed by atoms with Gasteiger partial charge < -0.3 is 29.9 Å². The van der Waals surface area contributed by atoms with E-state index in [2.05, 4.69) is 0 Å². The van der Waals surface area contributed by atoms with Crippen molar-refractivity contribution in [3.63, 3.8) is 0 Å². The number of hydrogen-bond acceptors (Lipinski definition) is 10. The molecule has 8 bridgehead atoms. The molecule has 7 aromatic heterocycles. The van der Waals surface area contributed by atoms with Crippen LogP contribution in [0, 0.1) is 0 Å². The predicted molar refractivity (Wildman–Crippen MR) is 260 cm³/mol. The van der Waals surface area contributed by atoms with Gasteiger partial charge in [-0.15, -0.1) is 0 Å². The van der Waals surface area contributed by atoms with Crippen LogP contribution in [-0.4, -0.2) is 66.4 Å². The van der Waals surface area contributed by atoms with Crippen LogP contribution < -0.4 is 32.7 Å². The summed E-state index contributed by atoms with van der Waals surface area (Å²) in [5.74, 6) is 1.19. The van der Waals surface area contributed by atoms with Gasteiger partial charge in [-0.2, -0.15) is 0 Å². The van der Waals surface area contributed by atoms with Gasteiger partial charge in [-0.25, -0.2) is 29.1 Å². The molecule has 0 unspecified atom stereocenters. The summed E-state index contributed by atoms with van der Waals surface area (Å²) in [4.78, 5) is 95.4. The molecule has 69 heavy (non-hydrogen) atoms. The van der Waals surface area contributed by atoms with Crippen molar-refractivity contribution in [1.82, 2.24) is 76.4 Å². The molecule has 0 atom stereocenters. The topological polar surface area (TPSA) is 213 Å². The third-order valence-corrected chi connectivity index (χ3v) is 14.0. The second-order valence-corrected chi connectivity index (χ2v) is 17.4. The van der Waals surface area contributed by atoms with Crippen LogP contribution >= 0.6 is 0 Å². The summed E-state index contributed by atoms with van der Waals surface area (Å²) in [5.41, 5.74) is 8.60. The molecule has 0 amide bonds. The number of imidazole rings is 4. The van der Waals surface area contributed by atoms with E-state index in [1.807, 2.05) is 76.2 Å². The SMILES string of the molecule is CCn1c(=O)n(C)c2cc3c(cc21)-c1nc-3nc2[n-]c(nc3nc(nc4[n-]c(n1)c1cc5c(cc41)n(C)c(=O)n5CC)-c1cc4c(cc1-3)n(CC)c(=O)n4C)c1cc3c(cc21)n(C)c(=O)n3CC.[Cu+2]. The van der Waals surface area contributed by atoms with Gasteiger partial charge in [0.25, 0.3) is 0 Å². The molecule has 0 aliphatic carbocycles. The van der Waals surface area contributed by atoms with Crippen LogP contribution in [0.3, 0.4) is 0 Å². The molecule has 13 rings (SSSR count). The third kappa shape index (κ3) is 5.44. The Morgan fingerprint density at radius 2 is 0.565 bits per heavy atom. The number of nitrogens with zero attached hydrogens (tertiary/aromatic N) is 16. The van der Waals surface area contributed by atoms with Gasteiger partial charge in [0.05, 0.1) is 67.4 Å². The van der Waals surface area contributed by atoms with E-state index in [1.54, 1.807) is 64.7 Å². The van der Waals surface area contributed by atoms with Gasteiger partial charge in [0.15, 0.2) is 0 Å². The van der Waals surface area contributed by atoms with Gasteiger partial charge >= 0.3 is 39.8 Å². The van der Waals surface area contributed by atoms with Gasteiger partial charge in [0.1, 0.15) is 0 Å². The summed E-state index contributed by atoms with van der Waals surface area (Å²) in [6.45, 7) is 9.46. The van der Waals surface area contributed by atoms with Crippen molar-refractivity contribution in [3.05, 3.63) is 90.5 Å². The molecular formula is C48H40CuN16O4. The molecule has 9 heterocycles. The average molecular weight is 969 g/mol. The first-order valence-corrected chi connectivity index (χ1v) is 22.5. The Hall–Kier alpha value is -8.16. The van der Waals surface area contributed by atoms with E-state index in [9.17, 15) is 19.2 Å². The second kappa shape index (κ2) is 14.4. The Morgan fingerprint density at radius 1 is 0.348 bits per heavy atom. The summed E-state index contributed by atoms with van der Waals surface area (Å²) in [6, 6.07) is 15.3. The first-order valence-electron chi connectivity index (χ1n) is 22.5. The van der Waals surface area contributed by atoms with Gasteiger partial charge in [0.2, 0.25) is 0 Å². The van der Waals surface area contributed by atoms with Crippen molar-refractivity contribution in [2.45, 2.75) is 53.9 Å². The average Bonchev–Trinajstić information content (AvgIpc) is 4.20. The maximum Gasteiger partial charge on any atom is 2.00 e. The fourth-order valence-electron chi connectivity index (χ4n) is 10.5. The fraction of sp³-hybridized carbons (Fsp3) is 0.250. The summed E-state index contributed by atoms with van der Waals surface area (Å²) >= 11 is 0. The monoisotopic (exact) mass is 967 g/mol. The normalized spacial score (nSPS) is 12.4. The zero-order chi connectivity index (χ0) is 46.9. The molecule has 20 nitrogen and oxygen atoms in total. The maximum absolute atomic E-state index is 13.5. The Balaban J connectivity index is 0.00000492. The Bertz CT molecular complexity index is 4310. The van der Waals surface area contributed by atoms with E-state index in [-0.39, 0.29) is 39.8 Å². The Labute approximate surface area is 398 Å². The van der Waals surface area contributed by atoms with E-state index in [4.69, 9.17) is 39.9 Å². The van der Waals surface area contributed by atoms with E-state index < -0.39 is 0 Å². The molecule has 2 aliphatic heterocycles. The number of fused-ring (bicyclic) bond motifs is 24. The maximum atomic E-state index is 13.5. The minimum Gasteiger partial charge on any atom is -0.357 e. The predicted octanol–water partition coefficient (Wildman–Crippen LogP) is 4.82. The second-order valence-electron chi connectivity index (χ2n) is 17.4. The van der Waals surface area contributed by atoms with Crippen molar-refractivity contribution < 1.29 is 17.1 Å². The van der Waals surface area contributed by atoms with Crippen molar-refractivity contribution >= 4 is 88.3 Å². The molecule has 0 saturated heterocycles. The number of benzene rings is 4. The van der Waals surface area contributed by atoms with Crippen molar-refractivity contribution in [2.75, 3.05) is 0 Å². The van der Waals surface area contributed by atoms with Crippen LogP contribution in [0.1, 0.15) is 27.7 Å². The minimum absolute atomic E-state index is 0. The Kier molecular flexibility index (Phi) is 8.82. The molecule has 347 valence electrons. The molecule has 0 spiro atoms. The molecule has 21 heteroatoms. The molecule has 0 N–H and O–H groups in total. The summed E-state index contributed by atoms with van der Waals surface area (Å²) in [5, 5.41) is 2.50. The smallest absolute Gasteiger partial charge is 0.357 e. The van der Waals surface area contributed by atoms with Gasteiger partial charge in [-0.05, 0) is 97.8 Å². The largest absolute Gasteiger partial charge is 2.00 e. The minimum atomic E-state index is -0.163. The first kappa shape index (κ1) is 42.2. The molecule has 0 fully saturated rings. The Morgan fingerprint density at radius 3 is 0.826 bits per heavy atom. The number of aromatic nitrogens is 16. The van der Waals surface area contributed by atoms with Crippen LogP contribution in [0.5, 0.6) is 0 Å². The van der Waals surface area contributed by atoms with Crippen molar-refractivity contribution in [3.8, 4) is 45.6 Å². The zero-order valence-electron chi connectivity index (χ0n) is 38.5. The van der Waals surface area contributed by atoms with Crippen LogP contribution in [-0.2, 0) is 71.4 Å². The first-order chi connectivity index (χ1) is 32.8. The van der Waals surface area contributed by atoms with E-state index in [1.165, 1.54) is 0 Å². The standard InChI is InChI=1S/C48H40N16O4.Cu/c1-9-61-33-17-25-21(13-29(33)57(5)45(61)65)37-49-38-23-15-31-35(63(11-3)47(67)59(31)7)19-27(23)43(53-38)56-44-28-20-36-32(60(8)48(68)64(36)12-4)16-24(28)40(54-44)50-39-22-14-30-34(62(10-2)46(66)58(30)6)18-26(22)42(52-39)55-41(25)51-37;/h13-20H,9-12H2,1-8H3;/q-2;+2. The molecule has 0 saturated carbocycles. The van der Waals surface area contributed by atoms with Crippen LogP contribution in [0.2, 0.25) is 0 Å². The molecule has 4 aromatic carbocycles. The summed E-state index contributed by atoms with van der Waals surface area (Å²) in [7, 11) is 6.95. The molecule has 1 radical (unpaired) electrons. The third-order valence-electron chi connectivity index (χ3n) is 14.0. The quantitative estimate of drug-likeness (QED) is 0.217. The summed E-state index contributed by atoms with van der Waals surface area (Å²) < 4.78 is 13.2. The van der Waals surface area contributed by atoms with E-state index >= 15 is 0 Å².